The van der Waals surface area contributed by atoms with Crippen LogP contribution >= 0.6 is 45.2 Å². The Bertz CT molecular complexity index is 352. The van der Waals surface area contributed by atoms with Crippen molar-refractivity contribution in [1.29, 1.82) is 0 Å². The van der Waals surface area contributed by atoms with E-state index in [1.54, 1.807) is 0 Å². The van der Waals surface area contributed by atoms with E-state index in [9.17, 15) is 30.6 Å². The molecule has 2 aliphatic rings. The molecule has 0 saturated carbocycles. The molecular formula is C12H20I2O9. The summed E-state index contributed by atoms with van der Waals surface area (Å²) in [6, 6.07) is 0. The van der Waals surface area contributed by atoms with Crippen molar-refractivity contribution in [2.45, 2.75) is 57.1 Å². The zero-order valence-corrected chi connectivity index (χ0v) is 16.2. The largest absolute Gasteiger partial charge is 0.394 e. The zero-order chi connectivity index (χ0) is 17.3. The van der Waals surface area contributed by atoms with Crippen LogP contribution in [-0.2, 0) is 14.2 Å². The molecule has 136 valence electrons. The van der Waals surface area contributed by atoms with Gasteiger partial charge in [0.1, 0.15) is 24.4 Å². The van der Waals surface area contributed by atoms with Crippen molar-refractivity contribution in [1.82, 2.24) is 0 Å². The predicted octanol–water partition coefficient (Wildman–Crippen LogP) is -2.51. The van der Waals surface area contributed by atoms with Crippen LogP contribution in [0.3, 0.4) is 0 Å². The second-order valence-electron chi connectivity index (χ2n) is 5.44. The van der Waals surface area contributed by atoms with Crippen LogP contribution in [0.4, 0.5) is 0 Å². The van der Waals surface area contributed by atoms with E-state index < -0.39 is 70.3 Å². The first-order chi connectivity index (χ1) is 10.8. The summed E-state index contributed by atoms with van der Waals surface area (Å²) in [5.41, 5.74) is 0. The Morgan fingerprint density at radius 3 is 1.35 bits per heavy atom. The second-order valence-corrected chi connectivity index (χ2v) is 8.31. The third-order valence-corrected chi connectivity index (χ3v) is 6.53. The van der Waals surface area contributed by atoms with Gasteiger partial charge in [-0.2, -0.15) is 0 Å². The predicted molar refractivity (Wildman–Crippen MR) is 92.2 cm³/mol. The minimum atomic E-state index is -1.25. The molecule has 0 aromatic carbocycles. The van der Waals surface area contributed by atoms with Gasteiger partial charge >= 0.3 is 0 Å². The average molecular weight is 562 g/mol. The molecule has 6 N–H and O–H groups in total. The first-order valence-corrected chi connectivity index (χ1v) is 9.49. The molecule has 0 bridgehead atoms. The van der Waals surface area contributed by atoms with Crippen molar-refractivity contribution in [3.8, 4) is 0 Å². The molecule has 0 aliphatic carbocycles. The number of hydrogen-bond acceptors (Lipinski definition) is 9. The van der Waals surface area contributed by atoms with Gasteiger partial charge in [-0.3, -0.25) is 0 Å². The molecule has 2 fully saturated rings. The highest BCUT2D eigenvalue weighted by molar-refractivity contribution is 14.1. The molecule has 9 nitrogen and oxygen atoms in total. The number of hydrogen-bond donors (Lipinski definition) is 6. The maximum Gasteiger partial charge on any atom is 0.175 e. The molecule has 11 heteroatoms. The fraction of sp³-hybridized carbons (Fsp3) is 1.00. The first-order valence-electron chi connectivity index (χ1n) is 7.00. The molecule has 2 rings (SSSR count). The topological polar surface area (TPSA) is 149 Å². The second kappa shape index (κ2) is 8.66. The van der Waals surface area contributed by atoms with Crippen LogP contribution in [0.25, 0.3) is 0 Å². The maximum absolute atomic E-state index is 10.0. The van der Waals surface area contributed by atoms with Crippen LogP contribution < -0.4 is 0 Å². The van der Waals surface area contributed by atoms with Crippen LogP contribution in [0.2, 0.25) is 0 Å². The SMILES string of the molecule is OC[C@H]1O[C@H](O[C@H]2O[C@H](CO)[C@@H](O)[C@H](O)[C@@H]2I)[C@@H](I)[C@@H](O)[C@@H]1O. The van der Waals surface area contributed by atoms with E-state index in [-0.39, 0.29) is 0 Å². The highest BCUT2D eigenvalue weighted by Gasteiger charge is 2.48. The highest BCUT2D eigenvalue weighted by atomic mass is 127. The molecule has 23 heavy (non-hydrogen) atoms. The summed E-state index contributed by atoms with van der Waals surface area (Å²) in [5.74, 6) is 0. The number of ether oxygens (including phenoxy) is 3. The van der Waals surface area contributed by atoms with Crippen molar-refractivity contribution in [3.63, 3.8) is 0 Å². The molecule has 2 aliphatic heterocycles. The Morgan fingerprint density at radius 1 is 0.696 bits per heavy atom. The lowest BCUT2D eigenvalue weighted by Crippen LogP contribution is -2.61. The molecule has 0 unspecified atom stereocenters. The van der Waals surface area contributed by atoms with Gasteiger partial charge in [0.2, 0.25) is 0 Å². The molecule has 0 radical (unpaired) electrons. The lowest BCUT2D eigenvalue weighted by Gasteiger charge is -2.44. The quantitative estimate of drug-likeness (QED) is 0.162. The number of alkyl halides is 2. The summed E-state index contributed by atoms with van der Waals surface area (Å²) in [6.45, 7) is -0.998. The summed E-state index contributed by atoms with van der Waals surface area (Å²) in [7, 11) is 0. The van der Waals surface area contributed by atoms with Gasteiger partial charge < -0.3 is 44.8 Å². The summed E-state index contributed by atoms with van der Waals surface area (Å²) in [6.07, 6.45) is -8.88. The van der Waals surface area contributed by atoms with E-state index >= 15 is 0 Å². The van der Waals surface area contributed by atoms with Crippen molar-refractivity contribution < 1.29 is 44.8 Å². The van der Waals surface area contributed by atoms with Gasteiger partial charge in [-0.25, -0.2) is 0 Å². The van der Waals surface area contributed by atoms with E-state index in [1.165, 1.54) is 0 Å². The average Bonchev–Trinajstić information content (AvgIpc) is 2.55. The van der Waals surface area contributed by atoms with Crippen LogP contribution in [0.15, 0.2) is 0 Å². The van der Waals surface area contributed by atoms with Crippen molar-refractivity contribution in [2.75, 3.05) is 13.2 Å². The van der Waals surface area contributed by atoms with Crippen molar-refractivity contribution in [2.24, 2.45) is 0 Å². The Hall–Kier alpha value is 1.10. The third kappa shape index (κ3) is 4.27. The van der Waals surface area contributed by atoms with Gasteiger partial charge in [0.15, 0.2) is 12.6 Å². The van der Waals surface area contributed by atoms with Crippen molar-refractivity contribution >= 4 is 45.2 Å². The molecule has 0 aromatic heterocycles. The van der Waals surface area contributed by atoms with Gasteiger partial charge in [0.25, 0.3) is 0 Å². The van der Waals surface area contributed by atoms with Gasteiger partial charge in [0.05, 0.1) is 33.3 Å². The molecule has 0 spiro atoms. The summed E-state index contributed by atoms with van der Waals surface area (Å²) in [5, 5.41) is 58.0. The van der Waals surface area contributed by atoms with E-state index in [1.807, 2.05) is 45.2 Å². The molecular weight excluding hydrogens is 542 g/mol. The summed E-state index contributed by atoms with van der Waals surface area (Å²) < 4.78 is 15.2. The molecule has 10 atom stereocenters. The lowest BCUT2D eigenvalue weighted by atomic mass is 10.0. The maximum atomic E-state index is 10.0. The number of aliphatic hydroxyl groups is 6. The number of halogens is 2. The minimum absolute atomic E-state index is 0.499. The highest BCUT2D eigenvalue weighted by Crippen LogP contribution is 2.33. The fourth-order valence-corrected chi connectivity index (χ4v) is 3.97. The molecule has 2 saturated heterocycles. The normalized spacial score (nSPS) is 51.7. The van der Waals surface area contributed by atoms with Crippen LogP contribution in [0.1, 0.15) is 0 Å². The van der Waals surface area contributed by atoms with E-state index in [4.69, 9.17) is 14.2 Å². The van der Waals surface area contributed by atoms with Crippen LogP contribution in [-0.4, -0.2) is 101 Å². The van der Waals surface area contributed by atoms with E-state index in [0.29, 0.717) is 0 Å². The summed E-state index contributed by atoms with van der Waals surface area (Å²) in [4.78, 5) is 0. The number of rotatable bonds is 4. The van der Waals surface area contributed by atoms with Gasteiger partial charge in [-0.1, -0.05) is 45.2 Å². The third-order valence-electron chi connectivity index (χ3n) is 3.88. The monoisotopic (exact) mass is 562 g/mol. The van der Waals surface area contributed by atoms with Crippen LogP contribution in [0, 0.1) is 0 Å². The van der Waals surface area contributed by atoms with E-state index in [2.05, 4.69) is 0 Å². The molecule has 0 aromatic rings. The zero-order valence-electron chi connectivity index (χ0n) is 11.9. The van der Waals surface area contributed by atoms with Crippen molar-refractivity contribution in [3.05, 3.63) is 0 Å². The first kappa shape index (κ1) is 20.4. The fourth-order valence-electron chi connectivity index (χ4n) is 2.44. The summed E-state index contributed by atoms with van der Waals surface area (Å²) >= 11 is 3.71. The minimum Gasteiger partial charge on any atom is -0.394 e. The molecule has 0 amide bonds. The standard InChI is InChI=1S/C12H20I2O9/c13-5-9(19)7(17)3(1-15)21-11(5)23-12-6(14)10(20)8(18)4(2-16)22-12/h3-12,15-20H,1-2H2/t3-,4-,5+,6+,7-,8-,9-,10-,11-,12-/m1/s1. The van der Waals surface area contributed by atoms with Gasteiger partial charge in [-0.05, 0) is 0 Å². The van der Waals surface area contributed by atoms with Crippen LogP contribution in [0.5, 0.6) is 0 Å². The lowest BCUT2D eigenvalue weighted by molar-refractivity contribution is -0.325. The van der Waals surface area contributed by atoms with Gasteiger partial charge in [-0.15, -0.1) is 0 Å². The Balaban J connectivity index is 2.07. The molecule has 2 heterocycles. The Morgan fingerprint density at radius 2 is 1.04 bits per heavy atom. The Kier molecular flexibility index (Phi) is 7.68. The Labute approximate surface area is 159 Å². The van der Waals surface area contributed by atoms with Gasteiger partial charge in [0, 0.05) is 0 Å². The smallest absolute Gasteiger partial charge is 0.175 e. The van der Waals surface area contributed by atoms with E-state index in [0.717, 1.165) is 0 Å². The number of aliphatic hydroxyl groups excluding tert-OH is 6.